The Morgan fingerprint density at radius 1 is 1.00 bits per heavy atom. The van der Waals surface area contributed by atoms with Crippen LogP contribution < -0.4 is 5.32 Å². The minimum Gasteiger partial charge on any atom is -0.342 e. The second-order valence-corrected chi connectivity index (χ2v) is 8.01. The van der Waals surface area contributed by atoms with E-state index in [2.05, 4.69) is 24.1 Å². The monoisotopic (exact) mass is 366 g/mol. The van der Waals surface area contributed by atoms with Gasteiger partial charge in [-0.3, -0.25) is 9.69 Å². The van der Waals surface area contributed by atoms with Crippen LogP contribution >= 0.6 is 0 Å². The Balaban J connectivity index is 1.82. The maximum absolute atomic E-state index is 12.7. The van der Waals surface area contributed by atoms with E-state index in [1.807, 2.05) is 23.6 Å². The Kier molecular flexibility index (Phi) is 8.19. The van der Waals surface area contributed by atoms with E-state index in [9.17, 15) is 9.59 Å². The summed E-state index contributed by atoms with van der Waals surface area (Å²) in [5.41, 5.74) is 0. The summed E-state index contributed by atoms with van der Waals surface area (Å²) >= 11 is 0. The molecule has 1 saturated heterocycles. The number of nitrogens with one attached hydrogen (secondary N) is 1. The number of carbonyl (C=O) groups is 2. The first-order chi connectivity index (χ1) is 12.5. The summed E-state index contributed by atoms with van der Waals surface area (Å²) in [5, 5.41) is 3.28. The minimum atomic E-state index is 0.0767. The third-order valence-electron chi connectivity index (χ3n) is 6.37. The van der Waals surface area contributed by atoms with Crippen LogP contribution in [0.5, 0.6) is 0 Å². The van der Waals surface area contributed by atoms with Crippen LogP contribution in [0, 0.1) is 11.8 Å². The number of amides is 3. The lowest BCUT2D eigenvalue weighted by Gasteiger charge is -2.36. The fraction of sp³-hybridized carbons (Fsp3) is 0.900. The van der Waals surface area contributed by atoms with E-state index < -0.39 is 0 Å². The molecule has 0 aromatic rings. The van der Waals surface area contributed by atoms with Gasteiger partial charge in [-0.15, -0.1) is 0 Å². The van der Waals surface area contributed by atoms with Gasteiger partial charge in [0.15, 0.2) is 0 Å². The maximum atomic E-state index is 12.7. The van der Waals surface area contributed by atoms with Gasteiger partial charge >= 0.3 is 6.03 Å². The minimum absolute atomic E-state index is 0.0767. The van der Waals surface area contributed by atoms with E-state index in [4.69, 9.17) is 0 Å². The van der Waals surface area contributed by atoms with E-state index in [0.717, 1.165) is 45.6 Å². The zero-order valence-corrected chi connectivity index (χ0v) is 17.2. The summed E-state index contributed by atoms with van der Waals surface area (Å²) < 4.78 is 0. The van der Waals surface area contributed by atoms with E-state index in [1.54, 1.807) is 0 Å². The average Bonchev–Trinajstić information content (AvgIpc) is 2.85. The van der Waals surface area contributed by atoms with Crippen molar-refractivity contribution >= 4 is 11.9 Å². The van der Waals surface area contributed by atoms with Crippen LogP contribution in [0.25, 0.3) is 0 Å². The molecule has 1 heterocycles. The van der Waals surface area contributed by atoms with Crippen molar-refractivity contribution in [3.8, 4) is 0 Å². The van der Waals surface area contributed by atoms with E-state index in [-0.39, 0.29) is 11.9 Å². The second-order valence-electron chi connectivity index (χ2n) is 8.01. The fourth-order valence-electron chi connectivity index (χ4n) is 4.24. The van der Waals surface area contributed by atoms with Crippen molar-refractivity contribution in [3.05, 3.63) is 0 Å². The van der Waals surface area contributed by atoms with Crippen molar-refractivity contribution < 1.29 is 9.59 Å². The Bertz CT molecular complexity index is 467. The molecule has 2 aliphatic rings. The number of carbonyl (C=O) groups excluding carboxylic acids is 2. The molecule has 0 aromatic heterocycles. The van der Waals surface area contributed by atoms with Gasteiger partial charge in [-0.2, -0.15) is 0 Å². The summed E-state index contributed by atoms with van der Waals surface area (Å²) in [6.07, 6.45) is 4.50. The summed E-state index contributed by atoms with van der Waals surface area (Å²) in [6.45, 7) is 13.7. The number of hydrogen-bond acceptors (Lipinski definition) is 3. The molecule has 0 radical (unpaired) electrons. The summed E-state index contributed by atoms with van der Waals surface area (Å²) in [5.74, 6) is 1.42. The largest absolute Gasteiger partial charge is 0.342 e. The lowest BCUT2D eigenvalue weighted by Crippen LogP contribution is -2.50. The van der Waals surface area contributed by atoms with E-state index in [0.29, 0.717) is 31.0 Å². The lowest BCUT2D eigenvalue weighted by molar-refractivity contribution is -0.132. The third kappa shape index (κ3) is 5.60. The van der Waals surface area contributed by atoms with Gasteiger partial charge in [0.2, 0.25) is 5.91 Å². The van der Waals surface area contributed by atoms with Crippen LogP contribution in [0.1, 0.15) is 53.4 Å². The number of nitrogens with zero attached hydrogens (tertiary/aromatic N) is 3. The molecule has 1 saturated carbocycles. The van der Waals surface area contributed by atoms with Gasteiger partial charge in [0.05, 0.1) is 6.54 Å². The molecule has 3 unspecified atom stereocenters. The number of likely N-dealkylation sites (N-methyl/N-ethyl adjacent to an activating group) is 1. The van der Waals surface area contributed by atoms with Crippen molar-refractivity contribution in [1.82, 2.24) is 20.0 Å². The van der Waals surface area contributed by atoms with Gasteiger partial charge in [0, 0.05) is 45.3 Å². The molecule has 3 amide bonds. The SMILES string of the molecule is CCN(CC)C(=O)CN1CCCN(C(=O)NC2CCCC(C)C2C)CC1. The predicted octanol–water partition coefficient (Wildman–Crippen LogP) is 2.40. The smallest absolute Gasteiger partial charge is 0.317 e. The normalized spacial score (nSPS) is 27.7. The van der Waals surface area contributed by atoms with Crippen LogP contribution in [0.4, 0.5) is 4.79 Å². The van der Waals surface area contributed by atoms with Crippen molar-refractivity contribution in [3.63, 3.8) is 0 Å². The van der Waals surface area contributed by atoms with Gasteiger partial charge in [-0.1, -0.05) is 26.7 Å². The maximum Gasteiger partial charge on any atom is 0.317 e. The third-order valence-corrected chi connectivity index (χ3v) is 6.37. The van der Waals surface area contributed by atoms with Crippen molar-refractivity contribution in [1.29, 1.82) is 0 Å². The molecular weight excluding hydrogens is 328 g/mol. The van der Waals surface area contributed by atoms with Gasteiger partial charge in [-0.05, 0) is 38.5 Å². The van der Waals surface area contributed by atoms with Gasteiger partial charge in [0.1, 0.15) is 0 Å². The first-order valence-corrected chi connectivity index (χ1v) is 10.5. The molecule has 150 valence electrons. The van der Waals surface area contributed by atoms with Crippen LogP contribution in [0.15, 0.2) is 0 Å². The highest BCUT2D eigenvalue weighted by atomic mass is 16.2. The molecule has 1 aliphatic carbocycles. The molecule has 6 heteroatoms. The van der Waals surface area contributed by atoms with Crippen molar-refractivity contribution in [2.24, 2.45) is 11.8 Å². The first kappa shape index (κ1) is 21.0. The molecule has 6 nitrogen and oxygen atoms in total. The van der Waals surface area contributed by atoms with Gasteiger partial charge in [-0.25, -0.2) is 4.79 Å². The van der Waals surface area contributed by atoms with Crippen molar-refractivity contribution in [2.45, 2.75) is 59.4 Å². The molecule has 0 aromatic carbocycles. The zero-order valence-electron chi connectivity index (χ0n) is 17.2. The van der Waals surface area contributed by atoms with E-state index in [1.165, 1.54) is 12.8 Å². The topological polar surface area (TPSA) is 55.9 Å². The lowest BCUT2D eigenvalue weighted by atomic mass is 9.78. The highest BCUT2D eigenvalue weighted by Gasteiger charge is 2.30. The molecule has 0 bridgehead atoms. The van der Waals surface area contributed by atoms with Crippen LogP contribution in [0.3, 0.4) is 0 Å². The van der Waals surface area contributed by atoms with Crippen LogP contribution in [0.2, 0.25) is 0 Å². The highest BCUT2D eigenvalue weighted by Crippen LogP contribution is 2.29. The second kappa shape index (κ2) is 10.1. The fourth-order valence-corrected chi connectivity index (χ4v) is 4.24. The summed E-state index contributed by atoms with van der Waals surface area (Å²) in [6, 6.07) is 0.378. The Morgan fingerprint density at radius 2 is 1.73 bits per heavy atom. The Labute approximate surface area is 159 Å². The quantitative estimate of drug-likeness (QED) is 0.813. The Hall–Kier alpha value is -1.30. The highest BCUT2D eigenvalue weighted by molar-refractivity contribution is 5.78. The summed E-state index contributed by atoms with van der Waals surface area (Å²) in [4.78, 5) is 31.1. The van der Waals surface area contributed by atoms with Crippen LogP contribution in [-0.2, 0) is 4.79 Å². The Morgan fingerprint density at radius 3 is 2.42 bits per heavy atom. The van der Waals surface area contributed by atoms with Gasteiger partial charge < -0.3 is 15.1 Å². The molecule has 3 atom stereocenters. The molecule has 26 heavy (non-hydrogen) atoms. The average molecular weight is 367 g/mol. The molecular formula is C20H38N4O2. The zero-order chi connectivity index (χ0) is 19.1. The molecule has 2 rings (SSSR count). The summed E-state index contributed by atoms with van der Waals surface area (Å²) in [7, 11) is 0. The van der Waals surface area contributed by atoms with Crippen molar-refractivity contribution in [2.75, 3.05) is 45.8 Å². The number of rotatable bonds is 5. The number of hydrogen-bond donors (Lipinski definition) is 1. The standard InChI is InChI=1S/C20H38N4O2/c1-5-23(6-2)19(25)15-22-11-8-12-24(14-13-22)20(26)21-18-10-7-9-16(3)17(18)4/h16-18H,5-15H2,1-4H3,(H,21,26). The predicted molar refractivity (Wildman–Crippen MR) is 105 cm³/mol. The first-order valence-electron chi connectivity index (χ1n) is 10.5. The van der Waals surface area contributed by atoms with Gasteiger partial charge in [0.25, 0.3) is 0 Å². The number of urea groups is 1. The molecule has 1 N–H and O–H groups in total. The van der Waals surface area contributed by atoms with E-state index >= 15 is 0 Å². The molecule has 2 fully saturated rings. The molecule has 0 spiro atoms. The molecule has 1 aliphatic heterocycles. The van der Waals surface area contributed by atoms with Crippen LogP contribution in [-0.4, -0.2) is 78.5 Å².